The number of aliphatic imine (C=N–C) groups is 1. The maximum atomic E-state index is 6.86. The second-order valence-corrected chi connectivity index (χ2v) is 14.4. The molecule has 49 heavy (non-hydrogen) atoms. The van der Waals surface area contributed by atoms with Crippen molar-refractivity contribution in [2.75, 3.05) is 6.61 Å². The molecular weight excluding hydrogens is 604 g/mol. The Balaban J connectivity index is 1.26. The molecule has 0 aliphatic carbocycles. The lowest BCUT2D eigenvalue weighted by molar-refractivity contribution is 0.261. The summed E-state index contributed by atoms with van der Waals surface area (Å²) < 4.78 is 15.5. The van der Waals surface area contributed by atoms with Crippen LogP contribution >= 0.6 is 0 Å². The molecule has 3 aromatic carbocycles. The molecule has 0 spiro atoms. The van der Waals surface area contributed by atoms with E-state index in [9.17, 15) is 0 Å². The van der Waals surface area contributed by atoms with Gasteiger partial charge in [-0.25, -0.2) is 9.98 Å². The van der Waals surface area contributed by atoms with E-state index in [-0.39, 0.29) is 11.5 Å². The van der Waals surface area contributed by atoms with Crippen molar-refractivity contribution in [3.05, 3.63) is 113 Å². The second-order valence-electron chi connectivity index (χ2n) is 14.4. The van der Waals surface area contributed by atoms with Crippen molar-refractivity contribution in [2.45, 2.75) is 78.7 Å². The van der Waals surface area contributed by atoms with E-state index in [1.807, 2.05) is 36.7 Å². The molecule has 0 N–H and O–H groups in total. The Kier molecular flexibility index (Phi) is 7.78. The van der Waals surface area contributed by atoms with Gasteiger partial charge in [0.15, 0.2) is 0 Å². The van der Waals surface area contributed by atoms with E-state index in [0.29, 0.717) is 18.4 Å². The van der Waals surface area contributed by atoms with Crippen molar-refractivity contribution in [3.8, 4) is 28.6 Å². The van der Waals surface area contributed by atoms with Crippen LogP contribution in [0.25, 0.3) is 38.9 Å². The van der Waals surface area contributed by atoms with Gasteiger partial charge < -0.3 is 9.47 Å². The molecule has 248 valence electrons. The standard InChI is InChI=1S/C43H44N4O2/c1-7-12-28(13-8-2)37-25-48-42(46-37)30-21-29(36-15-9-10-16-44-36)22-31(23-30)49-39-24-38-32(20-27(39)4)33-18-26(3)19-35-40(33)47(38)41-34(43(35,5)6)14-11-17-45-41/h9-11,14-24,28,37H,7-8,12-13,25H2,1-6H3/t37-/m0/s1. The summed E-state index contributed by atoms with van der Waals surface area (Å²) in [5.74, 6) is 3.72. The molecule has 0 fully saturated rings. The van der Waals surface area contributed by atoms with E-state index in [1.165, 1.54) is 33.0 Å². The Morgan fingerprint density at radius 1 is 0.857 bits per heavy atom. The molecule has 6 heteroatoms. The molecule has 2 aliphatic heterocycles. The molecular formula is C43H44N4O2. The average Bonchev–Trinajstić information content (AvgIpc) is 3.71. The number of hydrogen-bond acceptors (Lipinski definition) is 5. The van der Waals surface area contributed by atoms with Gasteiger partial charge in [0.1, 0.15) is 23.9 Å². The molecule has 0 amide bonds. The van der Waals surface area contributed by atoms with Crippen LogP contribution in [0.15, 0.2) is 90.2 Å². The number of hydrogen-bond donors (Lipinski definition) is 0. The van der Waals surface area contributed by atoms with E-state index < -0.39 is 0 Å². The normalized spacial score (nSPS) is 16.2. The number of aryl methyl sites for hydroxylation is 2. The number of ether oxygens (including phenoxy) is 2. The molecule has 0 unspecified atom stereocenters. The number of aromatic nitrogens is 3. The Hall–Kier alpha value is -4.97. The number of rotatable bonds is 9. The van der Waals surface area contributed by atoms with E-state index >= 15 is 0 Å². The molecule has 2 aliphatic rings. The summed E-state index contributed by atoms with van der Waals surface area (Å²) >= 11 is 0. The maximum Gasteiger partial charge on any atom is 0.216 e. The van der Waals surface area contributed by atoms with Crippen molar-refractivity contribution in [1.29, 1.82) is 0 Å². The Labute approximate surface area is 288 Å². The zero-order valence-electron chi connectivity index (χ0n) is 29.4. The smallest absolute Gasteiger partial charge is 0.216 e. The summed E-state index contributed by atoms with van der Waals surface area (Å²) in [6.07, 6.45) is 8.36. The molecule has 3 aromatic heterocycles. The zero-order chi connectivity index (χ0) is 33.9. The van der Waals surface area contributed by atoms with Crippen LogP contribution < -0.4 is 4.74 Å². The molecule has 8 rings (SSSR count). The van der Waals surface area contributed by atoms with Gasteiger partial charge in [-0.05, 0) is 92.3 Å². The molecule has 0 radical (unpaired) electrons. The predicted octanol–water partition coefficient (Wildman–Crippen LogP) is 10.7. The first-order valence-electron chi connectivity index (χ1n) is 17.8. The lowest BCUT2D eigenvalue weighted by Crippen LogP contribution is -2.27. The van der Waals surface area contributed by atoms with E-state index in [0.717, 1.165) is 70.9 Å². The van der Waals surface area contributed by atoms with Gasteiger partial charge >= 0.3 is 0 Å². The Morgan fingerprint density at radius 2 is 1.65 bits per heavy atom. The molecule has 0 saturated carbocycles. The predicted molar refractivity (Wildman–Crippen MR) is 200 cm³/mol. The van der Waals surface area contributed by atoms with Crippen LogP contribution in [0.2, 0.25) is 0 Å². The highest BCUT2D eigenvalue weighted by Gasteiger charge is 2.36. The molecule has 5 heterocycles. The highest BCUT2D eigenvalue weighted by Crippen LogP contribution is 2.48. The van der Waals surface area contributed by atoms with Crippen LogP contribution in [-0.4, -0.2) is 33.1 Å². The first kappa shape index (κ1) is 31.3. The summed E-state index contributed by atoms with van der Waals surface area (Å²) in [6, 6.07) is 25.8. The number of benzene rings is 3. The first-order chi connectivity index (χ1) is 23.8. The molecule has 0 bridgehead atoms. The summed E-state index contributed by atoms with van der Waals surface area (Å²) in [4.78, 5) is 14.8. The van der Waals surface area contributed by atoms with Gasteiger partial charge in [-0.15, -0.1) is 0 Å². The third-order valence-corrected chi connectivity index (χ3v) is 10.5. The van der Waals surface area contributed by atoms with Crippen molar-refractivity contribution in [1.82, 2.24) is 14.5 Å². The SMILES string of the molecule is CCCC(CCC)[C@@H]1COC(c2cc(Oc3cc4c(cc3C)c3cc(C)cc5c3n4-c3ncccc3C5(C)C)cc(-c3ccccn3)c2)=N1. The lowest BCUT2D eigenvalue weighted by atomic mass is 9.75. The second kappa shape index (κ2) is 12.2. The van der Waals surface area contributed by atoms with Gasteiger partial charge in [0.05, 0.1) is 22.8 Å². The number of nitrogens with zero attached hydrogens (tertiary/aromatic N) is 4. The quantitative estimate of drug-likeness (QED) is 0.157. The average molecular weight is 649 g/mol. The molecule has 6 nitrogen and oxygen atoms in total. The van der Waals surface area contributed by atoms with Gasteiger partial charge in [-0.2, -0.15) is 0 Å². The maximum absolute atomic E-state index is 6.86. The highest BCUT2D eigenvalue weighted by molar-refractivity contribution is 6.12. The van der Waals surface area contributed by atoms with Crippen LogP contribution in [0.3, 0.4) is 0 Å². The zero-order valence-corrected chi connectivity index (χ0v) is 29.4. The monoisotopic (exact) mass is 648 g/mol. The first-order valence-corrected chi connectivity index (χ1v) is 17.8. The van der Waals surface area contributed by atoms with Gasteiger partial charge in [0.25, 0.3) is 0 Å². The van der Waals surface area contributed by atoms with Crippen molar-refractivity contribution in [2.24, 2.45) is 10.9 Å². The third-order valence-electron chi connectivity index (χ3n) is 10.5. The minimum atomic E-state index is -0.175. The van der Waals surface area contributed by atoms with E-state index in [4.69, 9.17) is 19.5 Å². The largest absolute Gasteiger partial charge is 0.475 e. The highest BCUT2D eigenvalue weighted by atomic mass is 16.5. The van der Waals surface area contributed by atoms with E-state index in [1.54, 1.807) is 0 Å². The summed E-state index contributed by atoms with van der Waals surface area (Å²) in [6.45, 7) is 14.1. The van der Waals surface area contributed by atoms with Gasteiger partial charge in [-0.1, -0.05) is 64.3 Å². The summed E-state index contributed by atoms with van der Waals surface area (Å²) in [5.41, 5.74) is 9.75. The molecule has 0 saturated heterocycles. The molecule has 1 atom stereocenters. The summed E-state index contributed by atoms with van der Waals surface area (Å²) in [5, 5.41) is 2.45. The summed E-state index contributed by atoms with van der Waals surface area (Å²) in [7, 11) is 0. The Bertz CT molecular complexity index is 2240. The minimum Gasteiger partial charge on any atom is -0.475 e. The molecule has 6 aromatic rings. The minimum absolute atomic E-state index is 0.175. The fourth-order valence-electron chi connectivity index (χ4n) is 8.09. The Morgan fingerprint density at radius 3 is 2.43 bits per heavy atom. The van der Waals surface area contributed by atoms with Gasteiger partial charge in [0.2, 0.25) is 5.90 Å². The van der Waals surface area contributed by atoms with Crippen LogP contribution in [0.1, 0.15) is 81.2 Å². The van der Waals surface area contributed by atoms with Crippen molar-refractivity contribution >= 4 is 27.7 Å². The third kappa shape index (κ3) is 5.29. The van der Waals surface area contributed by atoms with Crippen LogP contribution in [0.5, 0.6) is 11.5 Å². The van der Waals surface area contributed by atoms with Crippen LogP contribution in [0.4, 0.5) is 0 Å². The number of fused-ring (bicyclic) bond motifs is 5. The van der Waals surface area contributed by atoms with Gasteiger partial charge in [-0.3, -0.25) is 9.55 Å². The van der Waals surface area contributed by atoms with Gasteiger partial charge in [0, 0.05) is 51.3 Å². The fraction of sp³-hybridized carbons (Fsp3) is 0.326. The number of pyridine rings is 2. The lowest BCUT2D eigenvalue weighted by Gasteiger charge is -2.34. The van der Waals surface area contributed by atoms with E-state index in [2.05, 4.69) is 99.6 Å². The topological polar surface area (TPSA) is 61.5 Å². The van der Waals surface area contributed by atoms with Crippen molar-refractivity contribution < 1.29 is 9.47 Å². The fourth-order valence-corrected chi connectivity index (χ4v) is 8.09. The van der Waals surface area contributed by atoms with Crippen LogP contribution in [-0.2, 0) is 10.2 Å². The van der Waals surface area contributed by atoms with Crippen LogP contribution in [0, 0.1) is 19.8 Å². The van der Waals surface area contributed by atoms with Crippen molar-refractivity contribution in [3.63, 3.8) is 0 Å².